The van der Waals surface area contributed by atoms with E-state index in [1.807, 2.05) is 11.8 Å². The Morgan fingerprint density at radius 3 is 2.58 bits per heavy atom. The molecule has 1 nitrogen and oxygen atoms in total. The molecule has 1 fully saturated rings. The van der Waals surface area contributed by atoms with Gasteiger partial charge < -0.3 is 5.32 Å². The summed E-state index contributed by atoms with van der Waals surface area (Å²) < 4.78 is 0. The maximum Gasteiger partial charge on any atom is 0.0378 e. The third kappa shape index (κ3) is 3.32. The quantitative estimate of drug-likeness (QED) is 0.893. The average Bonchev–Trinajstić information content (AvgIpc) is 2.95. The topological polar surface area (TPSA) is 12.0 Å². The van der Waals surface area contributed by atoms with Crippen molar-refractivity contribution in [1.82, 2.24) is 0 Å². The number of nitrogens with one attached hydrogen (secondary N) is 1. The molecule has 1 N–H and O–H groups in total. The molecule has 1 unspecified atom stereocenters. The Hall–Kier alpha value is -1.41. The van der Waals surface area contributed by atoms with E-state index in [1.165, 1.54) is 34.7 Å². The highest BCUT2D eigenvalue weighted by atomic mass is 32.2. The molecular formula is C17H19NS. The number of benzene rings is 2. The summed E-state index contributed by atoms with van der Waals surface area (Å²) in [6.07, 6.45) is 2.29. The SMILES string of the molecule is c1ccc(Cc2ccccc2NC2CCSC2)cc1. The molecule has 0 bridgehead atoms. The van der Waals surface area contributed by atoms with E-state index in [-0.39, 0.29) is 0 Å². The second kappa shape index (κ2) is 6.16. The van der Waals surface area contributed by atoms with Crippen LogP contribution in [0, 0.1) is 0 Å². The lowest BCUT2D eigenvalue weighted by Crippen LogP contribution is -2.19. The summed E-state index contributed by atoms with van der Waals surface area (Å²) >= 11 is 2.05. The number of para-hydroxylation sites is 1. The van der Waals surface area contributed by atoms with Crippen LogP contribution in [0.15, 0.2) is 54.6 Å². The highest BCUT2D eigenvalue weighted by molar-refractivity contribution is 7.99. The normalized spacial score (nSPS) is 18.4. The minimum absolute atomic E-state index is 0.641. The van der Waals surface area contributed by atoms with E-state index in [9.17, 15) is 0 Å². The predicted octanol–water partition coefficient (Wildman–Crippen LogP) is 4.19. The van der Waals surface area contributed by atoms with Crippen LogP contribution < -0.4 is 5.32 Å². The van der Waals surface area contributed by atoms with Crippen LogP contribution >= 0.6 is 11.8 Å². The molecule has 0 aliphatic carbocycles. The van der Waals surface area contributed by atoms with Crippen LogP contribution in [0.1, 0.15) is 17.5 Å². The van der Waals surface area contributed by atoms with Gasteiger partial charge in [0.2, 0.25) is 0 Å². The van der Waals surface area contributed by atoms with Crippen LogP contribution in [0.3, 0.4) is 0 Å². The summed E-state index contributed by atoms with van der Waals surface area (Å²) in [6, 6.07) is 20.0. The Bertz CT molecular complexity index is 518. The lowest BCUT2D eigenvalue weighted by molar-refractivity contribution is 0.811. The Morgan fingerprint density at radius 1 is 1.00 bits per heavy atom. The van der Waals surface area contributed by atoms with E-state index in [2.05, 4.69) is 59.9 Å². The van der Waals surface area contributed by atoms with Crippen molar-refractivity contribution in [2.45, 2.75) is 18.9 Å². The zero-order valence-electron chi connectivity index (χ0n) is 11.0. The number of rotatable bonds is 4. The van der Waals surface area contributed by atoms with Crippen molar-refractivity contribution >= 4 is 17.4 Å². The van der Waals surface area contributed by atoms with Gasteiger partial charge in [-0.15, -0.1) is 0 Å². The lowest BCUT2D eigenvalue weighted by Gasteiger charge is -2.16. The molecule has 0 saturated carbocycles. The molecule has 1 saturated heterocycles. The first-order valence-corrected chi connectivity index (χ1v) is 8.03. The van der Waals surface area contributed by atoms with E-state index in [4.69, 9.17) is 0 Å². The van der Waals surface area contributed by atoms with Crippen LogP contribution in [0.5, 0.6) is 0 Å². The molecule has 2 aromatic rings. The summed E-state index contributed by atoms with van der Waals surface area (Å²) in [6.45, 7) is 0. The first kappa shape index (κ1) is 12.6. The van der Waals surface area contributed by atoms with Gasteiger partial charge in [-0.3, -0.25) is 0 Å². The Morgan fingerprint density at radius 2 is 1.79 bits per heavy atom. The second-order valence-corrected chi connectivity index (χ2v) is 6.17. The van der Waals surface area contributed by atoms with Crippen LogP contribution in [0.2, 0.25) is 0 Å². The van der Waals surface area contributed by atoms with E-state index in [0.29, 0.717) is 6.04 Å². The molecule has 98 valence electrons. The average molecular weight is 269 g/mol. The van der Waals surface area contributed by atoms with Gasteiger partial charge in [0, 0.05) is 17.5 Å². The second-order valence-electron chi connectivity index (χ2n) is 5.02. The van der Waals surface area contributed by atoms with Gasteiger partial charge in [0.05, 0.1) is 0 Å². The first-order chi connectivity index (χ1) is 9.42. The summed E-state index contributed by atoms with van der Waals surface area (Å²) in [7, 11) is 0. The fourth-order valence-corrected chi connectivity index (χ4v) is 3.65. The predicted molar refractivity (Wildman–Crippen MR) is 85.0 cm³/mol. The minimum atomic E-state index is 0.641. The highest BCUT2D eigenvalue weighted by Crippen LogP contribution is 2.25. The monoisotopic (exact) mass is 269 g/mol. The molecule has 0 amide bonds. The number of anilines is 1. The lowest BCUT2D eigenvalue weighted by atomic mass is 10.0. The van der Waals surface area contributed by atoms with Gasteiger partial charge in [0.25, 0.3) is 0 Å². The summed E-state index contributed by atoms with van der Waals surface area (Å²) in [5, 5.41) is 3.71. The molecule has 1 heterocycles. The van der Waals surface area contributed by atoms with Crippen molar-refractivity contribution in [3.05, 3.63) is 65.7 Å². The van der Waals surface area contributed by atoms with Crippen LogP contribution in [0.4, 0.5) is 5.69 Å². The molecule has 0 spiro atoms. The first-order valence-electron chi connectivity index (χ1n) is 6.88. The van der Waals surface area contributed by atoms with Gasteiger partial charge in [-0.2, -0.15) is 11.8 Å². The van der Waals surface area contributed by atoms with Crippen molar-refractivity contribution in [2.24, 2.45) is 0 Å². The zero-order valence-corrected chi connectivity index (χ0v) is 11.8. The maximum atomic E-state index is 3.71. The van der Waals surface area contributed by atoms with Crippen molar-refractivity contribution < 1.29 is 0 Å². The largest absolute Gasteiger partial charge is 0.381 e. The van der Waals surface area contributed by atoms with Gasteiger partial charge >= 0.3 is 0 Å². The number of hydrogen-bond donors (Lipinski definition) is 1. The van der Waals surface area contributed by atoms with Gasteiger partial charge in [-0.05, 0) is 35.8 Å². The fraction of sp³-hybridized carbons (Fsp3) is 0.294. The molecule has 3 rings (SSSR count). The smallest absolute Gasteiger partial charge is 0.0378 e. The van der Waals surface area contributed by atoms with Crippen molar-refractivity contribution in [3.8, 4) is 0 Å². The minimum Gasteiger partial charge on any atom is -0.381 e. The van der Waals surface area contributed by atoms with Gasteiger partial charge in [0.1, 0.15) is 0 Å². The third-order valence-electron chi connectivity index (χ3n) is 3.54. The molecule has 1 atom stereocenters. The van der Waals surface area contributed by atoms with Crippen molar-refractivity contribution in [3.63, 3.8) is 0 Å². The van der Waals surface area contributed by atoms with E-state index < -0.39 is 0 Å². The zero-order chi connectivity index (χ0) is 12.9. The molecule has 1 aliphatic rings. The summed E-state index contributed by atoms with van der Waals surface area (Å²) in [5.74, 6) is 2.53. The standard InChI is InChI=1S/C17H19NS/c1-2-6-14(7-3-1)12-15-8-4-5-9-17(15)18-16-10-11-19-13-16/h1-9,16,18H,10-13H2. The van der Waals surface area contributed by atoms with Crippen molar-refractivity contribution in [1.29, 1.82) is 0 Å². The van der Waals surface area contributed by atoms with E-state index in [1.54, 1.807) is 0 Å². The molecule has 19 heavy (non-hydrogen) atoms. The maximum absolute atomic E-state index is 3.71. The molecule has 2 heteroatoms. The summed E-state index contributed by atoms with van der Waals surface area (Å²) in [4.78, 5) is 0. The van der Waals surface area contributed by atoms with Crippen LogP contribution in [-0.4, -0.2) is 17.5 Å². The highest BCUT2D eigenvalue weighted by Gasteiger charge is 2.16. The van der Waals surface area contributed by atoms with E-state index in [0.717, 1.165) is 6.42 Å². The molecule has 0 aromatic heterocycles. The third-order valence-corrected chi connectivity index (χ3v) is 4.71. The van der Waals surface area contributed by atoms with E-state index >= 15 is 0 Å². The molecule has 0 radical (unpaired) electrons. The molecule has 2 aromatic carbocycles. The number of hydrogen-bond acceptors (Lipinski definition) is 2. The Kier molecular flexibility index (Phi) is 4.09. The molecular weight excluding hydrogens is 250 g/mol. The summed E-state index contributed by atoms with van der Waals surface area (Å²) in [5.41, 5.74) is 4.07. The van der Waals surface area contributed by atoms with Gasteiger partial charge in [0.15, 0.2) is 0 Å². The van der Waals surface area contributed by atoms with Crippen LogP contribution in [0.25, 0.3) is 0 Å². The van der Waals surface area contributed by atoms with Gasteiger partial charge in [-0.25, -0.2) is 0 Å². The Balaban J connectivity index is 1.77. The van der Waals surface area contributed by atoms with Crippen molar-refractivity contribution in [2.75, 3.05) is 16.8 Å². The Labute approximate surface area is 119 Å². The van der Waals surface area contributed by atoms with Gasteiger partial charge in [-0.1, -0.05) is 48.5 Å². The molecule has 1 aliphatic heterocycles. The number of thioether (sulfide) groups is 1. The fourth-order valence-electron chi connectivity index (χ4n) is 2.50. The van der Waals surface area contributed by atoms with Crippen LogP contribution in [-0.2, 0) is 6.42 Å².